The predicted molar refractivity (Wildman–Crippen MR) is 79.3 cm³/mol. The van der Waals surface area contributed by atoms with Crippen LogP contribution in [0.2, 0.25) is 0 Å². The molecule has 1 amide bonds. The maximum Gasteiger partial charge on any atom is 0.273 e. The standard InChI is InChI=1S/C15H19N5O/c21-15(18-12-6-4-5-9-16-10-12)14-11-17-20(19-14)13-7-2-1-3-8-13/h1-3,7-8,11-12,16H,4-6,9-10H2,(H,18,21). The normalized spacial score (nSPS) is 19.0. The lowest BCUT2D eigenvalue weighted by molar-refractivity contribution is 0.0930. The zero-order chi connectivity index (χ0) is 14.5. The first kappa shape index (κ1) is 13.8. The molecule has 21 heavy (non-hydrogen) atoms. The maximum absolute atomic E-state index is 12.2. The van der Waals surface area contributed by atoms with Crippen molar-refractivity contribution < 1.29 is 4.79 Å². The zero-order valence-corrected chi connectivity index (χ0v) is 11.8. The third-order valence-corrected chi connectivity index (χ3v) is 3.59. The van der Waals surface area contributed by atoms with Gasteiger partial charge in [0.1, 0.15) is 0 Å². The summed E-state index contributed by atoms with van der Waals surface area (Å²) in [5.41, 5.74) is 1.19. The Hall–Kier alpha value is -2.21. The molecule has 6 heteroatoms. The van der Waals surface area contributed by atoms with Gasteiger partial charge in [0.25, 0.3) is 5.91 Å². The second-order valence-electron chi connectivity index (χ2n) is 5.23. The number of para-hydroxylation sites is 1. The van der Waals surface area contributed by atoms with Crippen molar-refractivity contribution in [2.24, 2.45) is 0 Å². The first-order valence-corrected chi connectivity index (χ1v) is 7.32. The lowest BCUT2D eigenvalue weighted by Gasteiger charge is -2.15. The van der Waals surface area contributed by atoms with Gasteiger partial charge in [-0.1, -0.05) is 24.6 Å². The summed E-state index contributed by atoms with van der Waals surface area (Å²) < 4.78 is 0. The Kier molecular flexibility index (Phi) is 4.25. The van der Waals surface area contributed by atoms with Gasteiger partial charge in [0.15, 0.2) is 5.69 Å². The van der Waals surface area contributed by atoms with E-state index in [1.165, 1.54) is 11.0 Å². The summed E-state index contributed by atoms with van der Waals surface area (Å²) in [5.74, 6) is -0.161. The highest BCUT2D eigenvalue weighted by Crippen LogP contribution is 2.07. The number of benzene rings is 1. The summed E-state index contributed by atoms with van der Waals surface area (Å²) >= 11 is 0. The van der Waals surface area contributed by atoms with Gasteiger partial charge in [-0.15, -0.1) is 5.10 Å². The number of carbonyl (C=O) groups excluding carboxylic acids is 1. The van der Waals surface area contributed by atoms with Crippen molar-refractivity contribution in [1.29, 1.82) is 0 Å². The fourth-order valence-electron chi connectivity index (χ4n) is 2.45. The van der Waals surface area contributed by atoms with E-state index in [1.807, 2.05) is 30.3 Å². The SMILES string of the molecule is O=C(NC1CCCCNC1)c1cnn(-c2ccccc2)n1. The molecule has 0 saturated carbocycles. The molecule has 1 atom stereocenters. The van der Waals surface area contributed by atoms with Crippen LogP contribution in [0, 0.1) is 0 Å². The third-order valence-electron chi connectivity index (χ3n) is 3.59. The Morgan fingerprint density at radius 3 is 3.00 bits per heavy atom. The number of nitrogens with one attached hydrogen (secondary N) is 2. The molecule has 1 aliphatic rings. The largest absolute Gasteiger partial charge is 0.347 e. The molecular formula is C15H19N5O. The minimum atomic E-state index is -0.161. The van der Waals surface area contributed by atoms with E-state index in [9.17, 15) is 4.79 Å². The van der Waals surface area contributed by atoms with Crippen LogP contribution in [0.4, 0.5) is 0 Å². The molecule has 0 radical (unpaired) electrons. The second kappa shape index (κ2) is 6.49. The van der Waals surface area contributed by atoms with Crippen LogP contribution in [0.1, 0.15) is 29.8 Å². The minimum absolute atomic E-state index is 0.161. The molecule has 1 aromatic carbocycles. The van der Waals surface area contributed by atoms with Crippen LogP contribution in [-0.2, 0) is 0 Å². The Morgan fingerprint density at radius 1 is 1.29 bits per heavy atom. The number of rotatable bonds is 3. The number of nitrogens with zero attached hydrogens (tertiary/aromatic N) is 3. The van der Waals surface area contributed by atoms with E-state index in [0.29, 0.717) is 5.69 Å². The molecule has 0 aliphatic carbocycles. The molecule has 1 saturated heterocycles. The molecule has 1 fully saturated rings. The Morgan fingerprint density at radius 2 is 2.14 bits per heavy atom. The zero-order valence-electron chi connectivity index (χ0n) is 11.8. The lowest BCUT2D eigenvalue weighted by Crippen LogP contribution is -2.41. The van der Waals surface area contributed by atoms with Gasteiger partial charge in [0.2, 0.25) is 0 Å². The van der Waals surface area contributed by atoms with Crippen LogP contribution < -0.4 is 10.6 Å². The second-order valence-corrected chi connectivity index (χ2v) is 5.23. The summed E-state index contributed by atoms with van der Waals surface area (Å²) in [4.78, 5) is 13.7. The summed E-state index contributed by atoms with van der Waals surface area (Å²) in [7, 11) is 0. The van der Waals surface area contributed by atoms with E-state index in [2.05, 4.69) is 20.8 Å². The van der Waals surface area contributed by atoms with Crippen molar-refractivity contribution in [2.45, 2.75) is 25.3 Å². The van der Waals surface area contributed by atoms with Crippen molar-refractivity contribution >= 4 is 5.91 Å². The van der Waals surface area contributed by atoms with Gasteiger partial charge in [0.05, 0.1) is 11.9 Å². The van der Waals surface area contributed by atoms with Crippen molar-refractivity contribution in [3.63, 3.8) is 0 Å². The van der Waals surface area contributed by atoms with Crippen molar-refractivity contribution in [2.75, 3.05) is 13.1 Å². The van der Waals surface area contributed by atoms with E-state index < -0.39 is 0 Å². The number of aromatic nitrogens is 3. The number of carbonyl (C=O) groups is 1. The summed E-state index contributed by atoms with van der Waals surface area (Å²) in [6.45, 7) is 1.84. The molecule has 1 aliphatic heterocycles. The van der Waals surface area contributed by atoms with Gasteiger partial charge in [-0.25, -0.2) is 0 Å². The van der Waals surface area contributed by atoms with E-state index in [-0.39, 0.29) is 11.9 Å². The van der Waals surface area contributed by atoms with Crippen molar-refractivity contribution in [3.8, 4) is 5.69 Å². The van der Waals surface area contributed by atoms with Gasteiger partial charge in [-0.3, -0.25) is 4.79 Å². The quantitative estimate of drug-likeness (QED) is 0.887. The highest BCUT2D eigenvalue weighted by Gasteiger charge is 2.17. The molecule has 110 valence electrons. The molecule has 6 nitrogen and oxygen atoms in total. The highest BCUT2D eigenvalue weighted by molar-refractivity contribution is 5.92. The molecule has 2 heterocycles. The Bertz CT molecular complexity index is 587. The van der Waals surface area contributed by atoms with E-state index >= 15 is 0 Å². The average molecular weight is 285 g/mol. The van der Waals surface area contributed by atoms with Gasteiger partial charge >= 0.3 is 0 Å². The monoisotopic (exact) mass is 285 g/mol. The lowest BCUT2D eigenvalue weighted by atomic mass is 10.1. The highest BCUT2D eigenvalue weighted by atomic mass is 16.2. The van der Waals surface area contributed by atoms with Crippen LogP contribution in [0.3, 0.4) is 0 Å². The average Bonchev–Trinajstić information content (AvgIpc) is 2.88. The van der Waals surface area contributed by atoms with Gasteiger partial charge in [0, 0.05) is 12.6 Å². The van der Waals surface area contributed by atoms with Crippen LogP contribution in [0.15, 0.2) is 36.5 Å². The minimum Gasteiger partial charge on any atom is -0.347 e. The Balaban J connectivity index is 1.66. The first-order valence-electron chi connectivity index (χ1n) is 7.32. The van der Waals surface area contributed by atoms with Crippen molar-refractivity contribution in [3.05, 3.63) is 42.2 Å². The van der Waals surface area contributed by atoms with Crippen molar-refractivity contribution in [1.82, 2.24) is 25.6 Å². The van der Waals surface area contributed by atoms with E-state index in [4.69, 9.17) is 0 Å². The van der Waals surface area contributed by atoms with E-state index in [0.717, 1.165) is 38.0 Å². The smallest absolute Gasteiger partial charge is 0.273 e. The van der Waals surface area contributed by atoms with Crippen LogP contribution in [0.25, 0.3) is 5.69 Å². The van der Waals surface area contributed by atoms with Crippen LogP contribution in [0.5, 0.6) is 0 Å². The maximum atomic E-state index is 12.2. The summed E-state index contributed by atoms with van der Waals surface area (Å²) in [6.07, 6.45) is 4.81. The van der Waals surface area contributed by atoms with Crippen LogP contribution >= 0.6 is 0 Å². The molecule has 0 spiro atoms. The molecule has 2 N–H and O–H groups in total. The van der Waals surface area contributed by atoms with Crippen LogP contribution in [-0.4, -0.2) is 40.0 Å². The third kappa shape index (κ3) is 3.46. The fraction of sp³-hybridized carbons (Fsp3) is 0.400. The fourth-order valence-corrected chi connectivity index (χ4v) is 2.45. The van der Waals surface area contributed by atoms with E-state index in [1.54, 1.807) is 0 Å². The number of hydrogen-bond acceptors (Lipinski definition) is 4. The predicted octanol–water partition coefficient (Wildman–Crippen LogP) is 1.14. The molecule has 2 aromatic rings. The van der Waals surface area contributed by atoms with Gasteiger partial charge < -0.3 is 10.6 Å². The van der Waals surface area contributed by atoms with Gasteiger partial charge in [-0.05, 0) is 31.5 Å². The Labute approximate surface area is 123 Å². The topological polar surface area (TPSA) is 71.8 Å². The molecule has 0 bridgehead atoms. The summed E-state index contributed by atoms with van der Waals surface area (Å²) in [5, 5.41) is 14.7. The first-order chi connectivity index (χ1) is 10.3. The molecular weight excluding hydrogens is 266 g/mol. The molecule has 3 rings (SSSR count). The molecule has 1 unspecified atom stereocenters. The van der Waals surface area contributed by atoms with Gasteiger partial charge in [-0.2, -0.15) is 9.90 Å². The number of hydrogen-bond donors (Lipinski definition) is 2. The molecule has 1 aromatic heterocycles. The summed E-state index contributed by atoms with van der Waals surface area (Å²) in [6, 6.07) is 9.72. The number of amides is 1.